The Kier molecular flexibility index (Phi) is 24.8. The van der Waals surface area contributed by atoms with E-state index in [9.17, 15) is 0 Å². The zero-order chi connectivity index (χ0) is 2.71. The predicted molar refractivity (Wildman–Crippen MR) is 8.69 cm³/mol. The summed E-state index contributed by atoms with van der Waals surface area (Å²) in [7, 11) is 0. The molecule has 4 heavy (non-hydrogen) atoms. The van der Waals surface area contributed by atoms with E-state index in [-0.39, 0.29) is 26.9 Å². The van der Waals surface area contributed by atoms with Gasteiger partial charge >= 0.3 is 0 Å². The van der Waals surface area contributed by atoms with Crippen LogP contribution in [0.25, 0.3) is 0 Å². The van der Waals surface area contributed by atoms with E-state index in [1.54, 1.807) is 0 Å². The van der Waals surface area contributed by atoms with E-state index in [1.807, 2.05) is 0 Å². The molecule has 1 N–H and O–H groups in total. The smallest absolute Gasteiger partial charge is 0.290 e. The van der Waals surface area contributed by atoms with Crippen LogP contribution in [-0.4, -0.2) is 11.6 Å². The van der Waals surface area contributed by atoms with Crippen molar-refractivity contribution in [2.24, 2.45) is 0 Å². The fourth-order valence-corrected chi connectivity index (χ4v) is 0. The summed E-state index contributed by atoms with van der Waals surface area (Å²) in [5.74, 6) is 0. The van der Waals surface area contributed by atoms with Gasteiger partial charge in [0.1, 0.15) is 0 Å². The van der Waals surface area contributed by atoms with Crippen LogP contribution in [0.15, 0.2) is 0 Å². The van der Waals surface area contributed by atoms with Crippen molar-refractivity contribution < 1.29 is 30.3 Å². The Hall–Kier alpha value is 0.132. The third-order valence-electron chi connectivity index (χ3n) is 0. The molecule has 0 unspecified atom stereocenters. The van der Waals surface area contributed by atoms with Gasteiger partial charge in [0.15, 0.2) is 0 Å². The van der Waals surface area contributed by atoms with Crippen molar-refractivity contribution >= 4 is 6.47 Å². The summed E-state index contributed by atoms with van der Waals surface area (Å²) in [4.78, 5) is 8.36. The summed E-state index contributed by atoms with van der Waals surface area (Å²) in [5, 5.41) is 6.89. The van der Waals surface area contributed by atoms with E-state index in [4.69, 9.17) is 9.90 Å². The van der Waals surface area contributed by atoms with Gasteiger partial charge in [-0.15, -0.1) is 0 Å². The van der Waals surface area contributed by atoms with E-state index in [0.29, 0.717) is 0 Å². The van der Waals surface area contributed by atoms with E-state index < -0.39 is 0 Å². The quantitative estimate of drug-likeness (QED) is 0.582. The Balaban J connectivity index is 0. The maximum Gasteiger partial charge on any atom is 0.290 e. The zero-order valence-corrected chi connectivity index (χ0v) is 4.53. The largest absolute Gasteiger partial charge is 0.483 e. The minimum Gasteiger partial charge on any atom is -0.483 e. The van der Waals surface area contributed by atoms with E-state index >= 15 is 0 Å². The van der Waals surface area contributed by atoms with Crippen LogP contribution < -0.4 is 0 Å². The minimum absolute atomic E-state index is 0. The second kappa shape index (κ2) is 11.1. The molecule has 0 aromatic rings. The minimum atomic E-state index is -0.250. The van der Waals surface area contributed by atoms with Crippen molar-refractivity contribution in [3.8, 4) is 0 Å². The van der Waals surface area contributed by atoms with Crippen molar-refractivity contribution in [2.45, 2.75) is 0 Å². The summed E-state index contributed by atoms with van der Waals surface area (Å²) in [6, 6.07) is 0. The Morgan fingerprint density at radius 1 is 1.75 bits per heavy atom. The second-order valence-corrected chi connectivity index (χ2v) is 0.105. The summed E-state index contributed by atoms with van der Waals surface area (Å²) in [5.41, 5.74) is 0. The average Bonchev–Trinajstić information content (AvgIpc) is 0.918. The molecular formula is CH2O2Re. The fraction of sp³-hybridized carbons (Fsp3) is 0. The van der Waals surface area contributed by atoms with Crippen molar-refractivity contribution in [1.29, 1.82) is 0 Å². The first kappa shape index (κ1) is 8.92. The predicted octanol–water partition coefficient (Wildman–Crippen LogP) is -0.302. The molecule has 0 amide bonds. The molecule has 0 aliphatic rings. The summed E-state index contributed by atoms with van der Waals surface area (Å²) in [6.45, 7) is -0.250. The van der Waals surface area contributed by atoms with Crippen molar-refractivity contribution in [2.75, 3.05) is 0 Å². The normalized spacial score (nSPS) is 3.00. The molecule has 2 nitrogen and oxygen atoms in total. The molecule has 0 heterocycles. The van der Waals surface area contributed by atoms with Gasteiger partial charge in [0.05, 0.1) is 0 Å². The molecule has 0 spiro atoms. The molecule has 0 aromatic carbocycles. The number of rotatable bonds is 0. The molecule has 0 saturated heterocycles. The number of carbonyl (C=O) groups is 1. The van der Waals surface area contributed by atoms with Gasteiger partial charge in [0, 0.05) is 20.4 Å². The molecule has 0 saturated carbocycles. The molecule has 0 atom stereocenters. The Bertz CT molecular complexity index is 13.5. The van der Waals surface area contributed by atoms with Crippen LogP contribution in [0.1, 0.15) is 0 Å². The van der Waals surface area contributed by atoms with Crippen molar-refractivity contribution in [3.63, 3.8) is 0 Å². The monoisotopic (exact) mass is 233 g/mol. The number of hydrogen-bond acceptors (Lipinski definition) is 1. The fourth-order valence-electron chi connectivity index (χ4n) is 0. The summed E-state index contributed by atoms with van der Waals surface area (Å²) in [6.07, 6.45) is 0. The van der Waals surface area contributed by atoms with E-state index in [1.165, 1.54) is 0 Å². The Morgan fingerprint density at radius 2 is 1.75 bits per heavy atom. The van der Waals surface area contributed by atoms with Crippen LogP contribution in [0.2, 0.25) is 0 Å². The van der Waals surface area contributed by atoms with Crippen molar-refractivity contribution in [3.05, 3.63) is 0 Å². The average molecular weight is 232 g/mol. The number of carboxylic acid groups (broad SMARTS) is 1. The van der Waals surface area contributed by atoms with Gasteiger partial charge in [-0.3, -0.25) is 4.79 Å². The van der Waals surface area contributed by atoms with Gasteiger partial charge in [-0.25, -0.2) is 0 Å². The first-order valence-electron chi connectivity index (χ1n) is 0.494. The SMILES string of the molecule is O=CO.[Re]. The summed E-state index contributed by atoms with van der Waals surface area (Å²) < 4.78 is 0. The van der Waals surface area contributed by atoms with Crippen LogP contribution in [0.5, 0.6) is 0 Å². The van der Waals surface area contributed by atoms with Gasteiger partial charge in [-0.05, 0) is 0 Å². The van der Waals surface area contributed by atoms with E-state index in [2.05, 4.69) is 0 Å². The Morgan fingerprint density at radius 3 is 1.75 bits per heavy atom. The zero-order valence-electron chi connectivity index (χ0n) is 1.81. The number of hydrogen-bond donors (Lipinski definition) is 1. The molecule has 0 aliphatic heterocycles. The first-order valence-corrected chi connectivity index (χ1v) is 0.494. The van der Waals surface area contributed by atoms with Crippen LogP contribution in [0.4, 0.5) is 0 Å². The molecule has 0 aliphatic carbocycles. The molecule has 25 valence electrons. The molecule has 1 radical (unpaired) electrons. The molecular weight excluding hydrogens is 230 g/mol. The van der Waals surface area contributed by atoms with Crippen molar-refractivity contribution in [1.82, 2.24) is 0 Å². The molecule has 0 bridgehead atoms. The maximum atomic E-state index is 8.36. The molecule has 0 rings (SSSR count). The van der Waals surface area contributed by atoms with Crippen LogP contribution in [0.3, 0.4) is 0 Å². The first-order chi connectivity index (χ1) is 1.41. The topological polar surface area (TPSA) is 37.3 Å². The Labute approximate surface area is 37.5 Å². The summed E-state index contributed by atoms with van der Waals surface area (Å²) >= 11 is 0. The van der Waals surface area contributed by atoms with Crippen LogP contribution in [0, 0.1) is 0 Å². The van der Waals surface area contributed by atoms with Gasteiger partial charge in [0.2, 0.25) is 0 Å². The van der Waals surface area contributed by atoms with Gasteiger partial charge < -0.3 is 5.11 Å². The third kappa shape index (κ3) is 156. The molecule has 0 aromatic heterocycles. The molecule has 3 heteroatoms. The van der Waals surface area contributed by atoms with Gasteiger partial charge in [0.25, 0.3) is 6.47 Å². The van der Waals surface area contributed by atoms with Gasteiger partial charge in [-0.2, -0.15) is 0 Å². The van der Waals surface area contributed by atoms with Gasteiger partial charge in [-0.1, -0.05) is 0 Å². The second-order valence-electron chi connectivity index (χ2n) is 0.105. The molecule has 0 fully saturated rings. The third-order valence-corrected chi connectivity index (χ3v) is 0. The van der Waals surface area contributed by atoms with Crippen LogP contribution >= 0.6 is 0 Å². The van der Waals surface area contributed by atoms with Crippen LogP contribution in [-0.2, 0) is 25.2 Å². The standard InChI is InChI=1S/CH2O2.Re/c2-1-3;/h1H,(H,2,3);. The van der Waals surface area contributed by atoms with E-state index in [0.717, 1.165) is 0 Å². The maximum absolute atomic E-state index is 8.36.